The first-order chi connectivity index (χ1) is 14.1. The van der Waals surface area contributed by atoms with E-state index in [1.54, 1.807) is 4.68 Å². The van der Waals surface area contributed by atoms with E-state index in [-0.39, 0.29) is 0 Å². The van der Waals surface area contributed by atoms with Gasteiger partial charge in [0.2, 0.25) is 0 Å². The van der Waals surface area contributed by atoms with E-state index in [0.717, 1.165) is 31.7 Å². The van der Waals surface area contributed by atoms with Gasteiger partial charge in [0.15, 0.2) is 5.96 Å². The molecule has 1 saturated heterocycles. The quantitative estimate of drug-likeness (QED) is 0.356. The molecular formula is C21H30N8. The summed E-state index contributed by atoms with van der Waals surface area (Å²) in [7, 11) is 0. The van der Waals surface area contributed by atoms with E-state index in [1.807, 2.05) is 30.3 Å². The van der Waals surface area contributed by atoms with Crippen LogP contribution in [0, 0.1) is 11.3 Å². The topological polar surface area (TPSA) is 121 Å². The van der Waals surface area contributed by atoms with Gasteiger partial charge in [-0.05, 0) is 50.9 Å². The van der Waals surface area contributed by atoms with Crippen LogP contribution in [0.3, 0.4) is 0 Å². The number of likely N-dealkylation sites (tertiary alicyclic amines) is 1. The number of nitrogen functional groups attached to an aromatic ring is 1. The van der Waals surface area contributed by atoms with Crippen LogP contribution in [0.5, 0.6) is 0 Å². The third kappa shape index (κ3) is 5.06. The summed E-state index contributed by atoms with van der Waals surface area (Å²) in [5, 5.41) is 17.2. The number of para-hydroxylation sites is 1. The van der Waals surface area contributed by atoms with E-state index in [0.29, 0.717) is 42.0 Å². The molecule has 0 amide bonds. The van der Waals surface area contributed by atoms with Gasteiger partial charge >= 0.3 is 0 Å². The number of nitriles is 1. The molecule has 0 saturated carbocycles. The van der Waals surface area contributed by atoms with Crippen LogP contribution in [0.1, 0.15) is 37.4 Å². The zero-order chi connectivity index (χ0) is 20.6. The van der Waals surface area contributed by atoms with Crippen LogP contribution in [-0.2, 0) is 6.42 Å². The Morgan fingerprint density at radius 3 is 2.90 bits per heavy atom. The summed E-state index contributed by atoms with van der Waals surface area (Å²) in [4.78, 5) is 6.94. The lowest BCUT2D eigenvalue weighted by Crippen LogP contribution is -2.36. The van der Waals surface area contributed by atoms with Crippen molar-refractivity contribution in [2.75, 3.05) is 31.9 Å². The molecule has 0 aliphatic carbocycles. The Hall–Kier alpha value is -3.05. The van der Waals surface area contributed by atoms with Crippen molar-refractivity contribution in [1.29, 1.82) is 5.26 Å². The van der Waals surface area contributed by atoms with Crippen LogP contribution >= 0.6 is 0 Å². The molecule has 1 aliphatic heterocycles. The highest BCUT2D eigenvalue weighted by atomic mass is 15.3. The van der Waals surface area contributed by atoms with Gasteiger partial charge in [-0.1, -0.05) is 25.1 Å². The molecule has 0 spiro atoms. The lowest BCUT2D eigenvalue weighted by atomic mass is 10.1. The predicted molar refractivity (Wildman–Crippen MR) is 116 cm³/mol. The van der Waals surface area contributed by atoms with E-state index in [1.165, 1.54) is 12.8 Å². The van der Waals surface area contributed by atoms with Gasteiger partial charge in [0.25, 0.3) is 0 Å². The predicted octanol–water partition coefficient (Wildman–Crippen LogP) is 1.65. The highest BCUT2D eigenvalue weighted by Crippen LogP contribution is 2.21. The van der Waals surface area contributed by atoms with Gasteiger partial charge in [-0.15, -0.1) is 0 Å². The van der Waals surface area contributed by atoms with Crippen LogP contribution in [0.15, 0.2) is 35.3 Å². The molecule has 29 heavy (non-hydrogen) atoms. The van der Waals surface area contributed by atoms with E-state index in [9.17, 15) is 5.26 Å². The SMILES string of the molecule is CCN1CCCC1CN=C(N)NCCCc1nn(-c2ccccc2)c(N)c1C#N. The number of hydrogen-bond acceptors (Lipinski definition) is 5. The van der Waals surface area contributed by atoms with Crippen molar-refractivity contribution in [3.63, 3.8) is 0 Å². The van der Waals surface area contributed by atoms with Gasteiger partial charge in [0, 0.05) is 12.6 Å². The fourth-order valence-electron chi connectivity index (χ4n) is 3.79. The maximum Gasteiger partial charge on any atom is 0.188 e. The Balaban J connectivity index is 1.51. The smallest absolute Gasteiger partial charge is 0.188 e. The van der Waals surface area contributed by atoms with Crippen molar-refractivity contribution >= 4 is 11.8 Å². The second kappa shape index (κ2) is 9.94. The highest BCUT2D eigenvalue weighted by Gasteiger charge is 2.22. The first-order valence-corrected chi connectivity index (χ1v) is 10.2. The van der Waals surface area contributed by atoms with Gasteiger partial charge in [0.05, 0.1) is 17.9 Å². The Labute approximate surface area is 172 Å². The number of nitrogens with zero attached hydrogens (tertiary/aromatic N) is 5. The molecule has 3 rings (SSSR count). The van der Waals surface area contributed by atoms with Crippen molar-refractivity contribution in [3.05, 3.63) is 41.6 Å². The molecule has 0 bridgehead atoms. The highest BCUT2D eigenvalue weighted by molar-refractivity contribution is 5.77. The molecule has 8 heteroatoms. The maximum absolute atomic E-state index is 9.48. The fraction of sp³-hybridized carbons (Fsp3) is 0.476. The molecule has 1 aromatic heterocycles. The summed E-state index contributed by atoms with van der Waals surface area (Å²) in [6.07, 6.45) is 3.84. The van der Waals surface area contributed by atoms with Crippen LogP contribution < -0.4 is 16.8 Å². The normalized spacial score (nSPS) is 17.4. The summed E-state index contributed by atoms with van der Waals surface area (Å²) in [6, 6.07) is 12.3. The molecule has 2 aromatic rings. The van der Waals surface area contributed by atoms with Crippen LogP contribution in [0.25, 0.3) is 5.69 Å². The number of nitrogens with two attached hydrogens (primary N) is 2. The number of likely N-dealkylation sites (N-methyl/N-ethyl adjacent to an activating group) is 1. The van der Waals surface area contributed by atoms with Crippen LogP contribution in [0.2, 0.25) is 0 Å². The number of benzene rings is 1. The third-order valence-corrected chi connectivity index (χ3v) is 5.38. The van der Waals surface area contributed by atoms with E-state index >= 15 is 0 Å². The fourth-order valence-corrected chi connectivity index (χ4v) is 3.79. The minimum absolute atomic E-state index is 0.375. The van der Waals surface area contributed by atoms with Crippen LogP contribution in [-0.4, -0.2) is 52.9 Å². The number of nitrogens with one attached hydrogen (secondary N) is 1. The molecular weight excluding hydrogens is 364 g/mol. The molecule has 2 heterocycles. The van der Waals surface area contributed by atoms with Crippen molar-refractivity contribution in [2.24, 2.45) is 10.7 Å². The standard InChI is InChI=1S/C21H30N8/c1-2-28-13-7-10-17(28)15-26-21(24)25-12-6-11-19-18(14-22)20(23)29(27-19)16-8-4-3-5-9-16/h3-5,8-9,17H,2,6-7,10-13,15,23H2,1H3,(H3,24,25,26). The molecule has 0 radical (unpaired) electrons. The summed E-state index contributed by atoms with van der Waals surface area (Å²) in [5.41, 5.74) is 14.1. The average molecular weight is 395 g/mol. The number of guanidine groups is 1. The maximum atomic E-state index is 9.48. The van der Waals surface area contributed by atoms with Crippen molar-refractivity contribution in [3.8, 4) is 11.8 Å². The van der Waals surface area contributed by atoms with Crippen molar-refractivity contribution < 1.29 is 0 Å². The van der Waals surface area contributed by atoms with E-state index < -0.39 is 0 Å². The number of anilines is 1. The Morgan fingerprint density at radius 2 is 2.17 bits per heavy atom. The zero-order valence-electron chi connectivity index (χ0n) is 17.0. The average Bonchev–Trinajstić information content (AvgIpc) is 3.33. The number of aliphatic imine (C=N–C) groups is 1. The molecule has 1 fully saturated rings. The van der Waals surface area contributed by atoms with Gasteiger partial charge in [-0.25, -0.2) is 4.68 Å². The zero-order valence-corrected chi connectivity index (χ0v) is 17.0. The summed E-state index contributed by atoms with van der Waals surface area (Å²) in [5.74, 6) is 0.850. The first-order valence-electron chi connectivity index (χ1n) is 10.2. The van der Waals surface area contributed by atoms with Gasteiger partial charge < -0.3 is 16.8 Å². The number of rotatable bonds is 8. The molecule has 1 unspecified atom stereocenters. The van der Waals surface area contributed by atoms with Crippen molar-refractivity contribution in [2.45, 2.75) is 38.6 Å². The lowest BCUT2D eigenvalue weighted by molar-refractivity contribution is 0.273. The van der Waals surface area contributed by atoms with Gasteiger partial charge in [-0.3, -0.25) is 9.89 Å². The second-order valence-electron chi connectivity index (χ2n) is 7.25. The minimum atomic E-state index is 0.375. The first kappa shape index (κ1) is 20.7. The Bertz CT molecular complexity index is 865. The number of aromatic nitrogens is 2. The molecule has 1 atom stereocenters. The Kier molecular flexibility index (Phi) is 7.09. The van der Waals surface area contributed by atoms with E-state index in [2.05, 4.69) is 33.3 Å². The minimum Gasteiger partial charge on any atom is -0.382 e. The number of hydrogen-bond donors (Lipinski definition) is 3. The van der Waals surface area contributed by atoms with E-state index in [4.69, 9.17) is 11.5 Å². The summed E-state index contributed by atoms with van der Waals surface area (Å²) >= 11 is 0. The second-order valence-corrected chi connectivity index (χ2v) is 7.25. The largest absolute Gasteiger partial charge is 0.382 e. The van der Waals surface area contributed by atoms with Crippen molar-refractivity contribution in [1.82, 2.24) is 20.0 Å². The van der Waals surface area contributed by atoms with Gasteiger partial charge in [-0.2, -0.15) is 10.4 Å². The van der Waals surface area contributed by atoms with Crippen LogP contribution in [0.4, 0.5) is 5.82 Å². The lowest BCUT2D eigenvalue weighted by Gasteiger charge is -2.20. The molecule has 1 aliphatic rings. The number of aryl methyl sites for hydroxylation is 1. The Morgan fingerprint density at radius 1 is 1.38 bits per heavy atom. The molecule has 5 N–H and O–H groups in total. The summed E-state index contributed by atoms with van der Waals surface area (Å²) in [6.45, 7) is 5.81. The molecule has 154 valence electrons. The third-order valence-electron chi connectivity index (χ3n) is 5.38. The molecule has 1 aromatic carbocycles. The monoisotopic (exact) mass is 394 g/mol. The van der Waals surface area contributed by atoms with Gasteiger partial charge in [0.1, 0.15) is 17.5 Å². The molecule has 8 nitrogen and oxygen atoms in total. The summed E-state index contributed by atoms with van der Waals surface area (Å²) < 4.78 is 1.62.